The summed E-state index contributed by atoms with van der Waals surface area (Å²) in [7, 11) is -4.07. The van der Waals surface area contributed by atoms with E-state index in [4.69, 9.17) is 9.29 Å². The minimum absolute atomic E-state index is 0.0472. The number of hydrogen-bond donors (Lipinski definition) is 1. The molecule has 1 N–H and O–H groups in total. The summed E-state index contributed by atoms with van der Waals surface area (Å²) in [6.07, 6.45) is 0.0490. The van der Waals surface area contributed by atoms with E-state index in [-0.39, 0.29) is 11.3 Å². The number of carboxylic acids is 1. The first-order valence-electron chi connectivity index (χ1n) is 5.47. The number of aryl methyl sites for hydroxylation is 1. The number of rotatable bonds is 5. The Morgan fingerprint density at radius 2 is 1.83 bits per heavy atom. The first kappa shape index (κ1) is 14.7. The molecular formula is C12H16O5S. The molecule has 1 rings (SSSR count). The van der Waals surface area contributed by atoms with E-state index >= 15 is 0 Å². The van der Waals surface area contributed by atoms with Crippen LogP contribution in [0.2, 0.25) is 0 Å². The molecule has 1 aromatic rings. The van der Waals surface area contributed by atoms with Crippen LogP contribution in [0.5, 0.6) is 0 Å². The molecule has 0 radical (unpaired) electrons. The molecule has 0 amide bonds. The van der Waals surface area contributed by atoms with Gasteiger partial charge in [0.15, 0.2) is 5.60 Å². The lowest BCUT2D eigenvalue weighted by Crippen LogP contribution is -2.39. The van der Waals surface area contributed by atoms with Crippen molar-refractivity contribution in [2.24, 2.45) is 0 Å². The van der Waals surface area contributed by atoms with Crippen LogP contribution in [0.3, 0.4) is 0 Å². The maximum absolute atomic E-state index is 11.9. The predicted molar refractivity (Wildman–Crippen MR) is 65.8 cm³/mol. The first-order valence-corrected chi connectivity index (χ1v) is 6.88. The third-order valence-corrected chi connectivity index (χ3v) is 4.17. The first-order chi connectivity index (χ1) is 8.21. The zero-order valence-electron chi connectivity index (χ0n) is 10.5. The average Bonchev–Trinajstić information content (AvgIpc) is 2.28. The maximum atomic E-state index is 11.9. The molecule has 0 saturated carbocycles. The van der Waals surface area contributed by atoms with E-state index in [1.165, 1.54) is 19.1 Å². The smallest absolute Gasteiger partial charge is 0.337 e. The molecule has 1 unspecified atom stereocenters. The fourth-order valence-electron chi connectivity index (χ4n) is 1.24. The van der Waals surface area contributed by atoms with Crippen LogP contribution in [0.25, 0.3) is 0 Å². The van der Waals surface area contributed by atoms with Crippen molar-refractivity contribution in [1.29, 1.82) is 0 Å². The molecule has 18 heavy (non-hydrogen) atoms. The van der Waals surface area contributed by atoms with Gasteiger partial charge < -0.3 is 5.11 Å². The summed E-state index contributed by atoms with van der Waals surface area (Å²) in [6.45, 7) is 4.62. The zero-order valence-corrected chi connectivity index (χ0v) is 11.3. The van der Waals surface area contributed by atoms with Gasteiger partial charge in [-0.3, -0.25) is 0 Å². The molecule has 0 spiro atoms. The lowest BCUT2D eigenvalue weighted by Gasteiger charge is -2.22. The van der Waals surface area contributed by atoms with Gasteiger partial charge in [-0.2, -0.15) is 8.42 Å². The standard InChI is InChI=1S/C12H16O5S/c1-4-12(3,11(13)14)17-18(15,16)10-7-5-9(2)6-8-10/h5-8H,4H2,1-3H3,(H,13,14). The molecule has 0 aliphatic carbocycles. The topological polar surface area (TPSA) is 80.7 Å². The van der Waals surface area contributed by atoms with Gasteiger partial charge in [-0.1, -0.05) is 24.6 Å². The highest BCUT2D eigenvalue weighted by atomic mass is 32.2. The zero-order chi connectivity index (χ0) is 14.0. The summed E-state index contributed by atoms with van der Waals surface area (Å²) in [5.74, 6) is -1.30. The van der Waals surface area contributed by atoms with Crippen LogP contribution in [-0.2, 0) is 19.1 Å². The molecule has 0 saturated heterocycles. The SMILES string of the molecule is CCC(C)(OS(=O)(=O)c1ccc(C)cc1)C(=O)O. The second kappa shape index (κ2) is 5.07. The molecule has 5 nitrogen and oxygen atoms in total. The van der Waals surface area contributed by atoms with Crippen molar-refractivity contribution in [2.75, 3.05) is 0 Å². The van der Waals surface area contributed by atoms with Gasteiger partial charge in [0.1, 0.15) is 0 Å². The molecule has 0 aromatic heterocycles. The van der Waals surface area contributed by atoms with Crippen molar-refractivity contribution in [1.82, 2.24) is 0 Å². The van der Waals surface area contributed by atoms with Crippen molar-refractivity contribution in [3.63, 3.8) is 0 Å². The summed E-state index contributed by atoms with van der Waals surface area (Å²) in [5, 5.41) is 9.00. The largest absolute Gasteiger partial charge is 0.479 e. The molecule has 1 aromatic carbocycles. The second-order valence-electron chi connectivity index (χ2n) is 4.24. The summed E-state index contributed by atoms with van der Waals surface area (Å²) in [6, 6.07) is 6.03. The normalized spacial score (nSPS) is 15.1. The summed E-state index contributed by atoms with van der Waals surface area (Å²) >= 11 is 0. The van der Waals surface area contributed by atoms with Crippen LogP contribution in [0.15, 0.2) is 29.2 Å². The third kappa shape index (κ3) is 3.08. The summed E-state index contributed by atoms with van der Waals surface area (Å²) in [4.78, 5) is 11.0. The molecule has 100 valence electrons. The van der Waals surface area contributed by atoms with Crippen LogP contribution in [0, 0.1) is 6.92 Å². The van der Waals surface area contributed by atoms with Gasteiger partial charge in [0.05, 0.1) is 4.90 Å². The molecule has 0 aliphatic heterocycles. The van der Waals surface area contributed by atoms with E-state index in [0.29, 0.717) is 0 Å². The number of aliphatic carboxylic acids is 1. The average molecular weight is 272 g/mol. The highest BCUT2D eigenvalue weighted by Gasteiger charge is 2.38. The molecule has 0 fully saturated rings. The van der Waals surface area contributed by atoms with E-state index in [2.05, 4.69) is 0 Å². The maximum Gasteiger partial charge on any atom is 0.337 e. The van der Waals surface area contributed by atoms with Gasteiger partial charge in [-0.25, -0.2) is 8.98 Å². The van der Waals surface area contributed by atoms with E-state index in [1.807, 2.05) is 6.92 Å². The molecule has 0 aliphatic rings. The fraction of sp³-hybridized carbons (Fsp3) is 0.417. The quantitative estimate of drug-likeness (QED) is 0.829. The minimum atomic E-state index is -4.07. The Labute approximate surface area is 107 Å². The summed E-state index contributed by atoms with van der Waals surface area (Å²) < 4.78 is 28.7. The van der Waals surface area contributed by atoms with E-state index < -0.39 is 21.7 Å². The third-order valence-electron chi connectivity index (χ3n) is 2.73. The van der Waals surface area contributed by atoms with Crippen molar-refractivity contribution in [3.8, 4) is 0 Å². The monoisotopic (exact) mass is 272 g/mol. The van der Waals surface area contributed by atoms with E-state index in [9.17, 15) is 13.2 Å². The van der Waals surface area contributed by atoms with Crippen molar-refractivity contribution in [3.05, 3.63) is 29.8 Å². The van der Waals surface area contributed by atoms with Crippen LogP contribution in [0.1, 0.15) is 25.8 Å². The number of carboxylic acid groups (broad SMARTS) is 1. The Bertz CT molecular complexity index is 532. The van der Waals surface area contributed by atoms with Crippen LogP contribution in [-0.4, -0.2) is 25.1 Å². The van der Waals surface area contributed by atoms with Gasteiger partial charge in [-0.15, -0.1) is 0 Å². The second-order valence-corrected chi connectivity index (χ2v) is 5.79. The molecule has 0 heterocycles. The van der Waals surface area contributed by atoms with Gasteiger partial charge in [0.2, 0.25) is 0 Å². The van der Waals surface area contributed by atoms with Crippen molar-refractivity contribution in [2.45, 2.75) is 37.7 Å². The van der Waals surface area contributed by atoms with Gasteiger partial charge in [0.25, 0.3) is 10.1 Å². The fourth-order valence-corrected chi connectivity index (χ4v) is 2.48. The Kier molecular flexibility index (Phi) is 4.13. The van der Waals surface area contributed by atoms with Gasteiger partial charge in [0, 0.05) is 0 Å². The Morgan fingerprint density at radius 3 is 2.22 bits per heavy atom. The lowest BCUT2D eigenvalue weighted by molar-refractivity contribution is -0.153. The van der Waals surface area contributed by atoms with Crippen molar-refractivity contribution >= 4 is 16.1 Å². The summed E-state index contributed by atoms with van der Waals surface area (Å²) in [5.41, 5.74) is -0.838. The number of carbonyl (C=O) groups is 1. The van der Waals surface area contributed by atoms with Crippen LogP contribution < -0.4 is 0 Å². The predicted octanol–water partition coefficient (Wildman–Crippen LogP) is 1.95. The van der Waals surface area contributed by atoms with Crippen LogP contribution in [0.4, 0.5) is 0 Å². The number of hydrogen-bond acceptors (Lipinski definition) is 4. The van der Waals surface area contributed by atoms with Gasteiger partial charge in [-0.05, 0) is 32.4 Å². The Balaban J connectivity index is 3.09. The molecule has 6 heteroatoms. The number of benzene rings is 1. The molecule has 1 atom stereocenters. The van der Waals surface area contributed by atoms with E-state index in [0.717, 1.165) is 5.56 Å². The van der Waals surface area contributed by atoms with E-state index in [1.54, 1.807) is 19.1 Å². The van der Waals surface area contributed by atoms with Gasteiger partial charge >= 0.3 is 5.97 Å². The lowest BCUT2D eigenvalue weighted by atomic mass is 10.1. The Hall–Kier alpha value is -1.40. The minimum Gasteiger partial charge on any atom is -0.479 e. The molecule has 0 bridgehead atoms. The van der Waals surface area contributed by atoms with Crippen molar-refractivity contribution < 1.29 is 22.5 Å². The Morgan fingerprint density at radius 1 is 1.33 bits per heavy atom. The highest BCUT2D eigenvalue weighted by Crippen LogP contribution is 2.23. The molecular weight excluding hydrogens is 256 g/mol. The van der Waals surface area contributed by atoms with Crippen LogP contribution >= 0.6 is 0 Å². The highest BCUT2D eigenvalue weighted by molar-refractivity contribution is 7.86.